The molecule has 0 aliphatic carbocycles. The summed E-state index contributed by atoms with van der Waals surface area (Å²) < 4.78 is 107. The number of nitro benzene ring substituents is 1. The molecule has 0 aromatic heterocycles. The lowest BCUT2D eigenvalue weighted by atomic mass is 9.93. The van der Waals surface area contributed by atoms with Crippen LogP contribution >= 0.6 is 0 Å². The molecule has 4 rings (SSSR count). The molecule has 1 atom stereocenters. The van der Waals surface area contributed by atoms with E-state index in [2.05, 4.69) is 15.6 Å². The number of nitrogens with one attached hydrogen (secondary N) is 2. The van der Waals surface area contributed by atoms with Crippen molar-refractivity contribution in [2.24, 2.45) is 10.7 Å². The van der Waals surface area contributed by atoms with E-state index in [1.165, 1.54) is 6.07 Å². The van der Waals surface area contributed by atoms with Crippen LogP contribution in [0.4, 0.5) is 57.9 Å². The summed E-state index contributed by atoms with van der Waals surface area (Å²) in [5, 5.41) is 16.2. The van der Waals surface area contributed by atoms with E-state index in [1.807, 2.05) is 0 Å². The van der Waals surface area contributed by atoms with Crippen molar-refractivity contribution in [3.63, 3.8) is 0 Å². The predicted octanol–water partition coefficient (Wildman–Crippen LogP) is 6.29. The average Bonchev–Trinajstić information content (AvgIpc) is 2.79. The largest absolute Gasteiger partial charge is 0.419 e. The van der Waals surface area contributed by atoms with Crippen LogP contribution in [0.1, 0.15) is 16.7 Å². The summed E-state index contributed by atoms with van der Waals surface area (Å²) >= 11 is 0. The molecule has 1 heterocycles. The van der Waals surface area contributed by atoms with Gasteiger partial charge in [0, 0.05) is 23.4 Å². The summed E-state index contributed by atoms with van der Waals surface area (Å²) in [5.41, 5.74) is -0.527. The third kappa shape index (κ3) is 4.89. The predicted molar refractivity (Wildman–Crippen MR) is 116 cm³/mol. The first kappa shape index (κ1) is 25.8. The fourth-order valence-corrected chi connectivity index (χ4v) is 3.59. The molecule has 0 spiro atoms. The molecule has 3 aromatic rings. The van der Waals surface area contributed by atoms with Crippen molar-refractivity contribution >= 4 is 28.6 Å². The number of rotatable bonds is 3. The highest BCUT2D eigenvalue weighted by Crippen LogP contribution is 2.41. The Morgan fingerprint density at radius 3 is 2.08 bits per heavy atom. The minimum Gasteiger partial charge on any atom is -0.356 e. The zero-order chi connectivity index (χ0) is 27.3. The second-order valence-corrected chi connectivity index (χ2v) is 7.86. The van der Waals surface area contributed by atoms with Crippen LogP contribution in [0, 0.1) is 21.7 Å². The molecule has 37 heavy (non-hydrogen) atoms. The molecule has 194 valence electrons. The number of alkyl halides is 6. The fourth-order valence-electron chi connectivity index (χ4n) is 3.59. The molecule has 0 bridgehead atoms. The van der Waals surface area contributed by atoms with Gasteiger partial charge in [-0.1, -0.05) is 6.07 Å². The Bertz CT molecular complexity index is 1440. The van der Waals surface area contributed by atoms with E-state index < -0.39 is 68.5 Å². The Hall–Kier alpha value is -4.27. The van der Waals surface area contributed by atoms with Crippen molar-refractivity contribution in [3.05, 3.63) is 93.0 Å². The Kier molecular flexibility index (Phi) is 6.06. The van der Waals surface area contributed by atoms with Gasteiger partial charge < -0.3 is 10.6 Å². The molecule has 0 radical (unpaired) electrons. The summed E-state index contributed by atoms with van der Waals surface area (Å²) in [5.74, 6) is -3.71. The van der Waals surface area contributed by atoms with Crippen molar-refractivity contribution in [1.29, 1.82) is 0 Å². The Morgan fingerprint density at radius 1 is 0.892 bits per heavy atom. The maximum Gasteiger partial charge on any atom is 0.419 e. The molecule has 1 unspecified atom stereocenters. The number of nitrogens with zero attached hydrogens (tertiary/aromatic N) is 2. The highest BCUT2D eigenvalue weighted by atomic mass is 19.4. The number of nitrogens with two attached hydrogens (primary N) is 1. The topological polar surface area (TPSA) is 106 Å². The van der Waals surface area contributed by atoms with Gasteiger partial charge in [0.25, 0.3) is 5.69 Å². The number of aliphatic imine (C=N–C) groups is 1. The smallest absolute Gasteiger partial charge is 0.356 e. The molecular formula is C22H13F8N5O2. The number of amidine groups is 1. The molecular weight excluding hydrogens is 518 g/mol. The molecule has 1 aliphatic rings. The molecule has 4 N–H and O–H groups in total. The van der Waals surface area contributed by atoms with E-state index in [9.17, 15) is 45.2 Å². The molecule has 15 heteroatoms. The van der Waals surface area contributed by atoms with Gasteiger partial charge in [-0.05, 0) is 36.4 Å². The number of halogens is 8. The third-order valence-corrected chi connectivity index (χ3v) is 5.39. The minimum absolute atomic E-state index is 0.0200. The molecule has 0 fully saturated rings. The number of hydrogen-bond acceptors (Lipinski definition) is 6. The lowest BCUT2D eigenvalue weighted by Gasteiger charge is -2.37. The summed E-state index contributed by atoms with van der Waals surface area (Å²) in [6, 6.07) is 6.77. The number of anilines is 2. The monoisotopic (exact) mass is 531 g/mol. The van der Waals surface area contributed by atoms with Gasteiger partial charge in [0.15, 0.2) is 11.5 Å². The van der Waals surface area contributed by atoms with E-state index >= 15 is 0 Å². The summed E-state index contributed by atoms with van der Waals surface area (Å²) in [7, 11) is 0. The van der Waals surface area contributed by atoms with Crippen molar-refractivity contribution < 1.29 is 40.0 Å². The summed E-state index contributed by atoms with van der Waals surface area (Å²) in [4.78, 5) is 14.5. The molecule has 0 saturated carbocycles. The number of fused-ring (bicyclic) bond motifs is 1. The van der Waals surface area contributed by atoms with Gasteiger partial charge in [-0.3, -0.25) is 15.8 Å². The number of hydrogen-bond donors (Lipinski definition) is 3. The van der Waals surface area contributed by atoms with Crippen LogP contribution in [0.2, 0.25) is 0 Å². The van der Waals surface area contributed by atoms with Gasteiger partial charge in [0.2, 0.25) is 0 Å². The minimum atomic E-state index is -5.12. The van der Waals surface area contributed by atoms with E-state index in [4.69, 9.17) is 5.73 Å². The quantitative estimate of drug-likeness (QED) is 0.209. The molecule has 3 aromatic carbocycles. The van der Waals surface area contributed by atoms with Crippen LogP contribution in [-0.2, 0) is 18.0 Å². The summed E-state index contributed by atoms with van der Waals surface area (Å²) in [6.07, 6.45) is -10.2. The third-order valence-electron chi connectivity index (χ3n) is 5.39. The SMILES string of the molecule is NC1(c2ccc(F)c(C(F)(F)F)c2)Nc2ccc([N+](=O)[O-])cc2N=C1Nc1ccc(F)c(C(F)(F)F)c1. The first-order valence-electron chi connectivity index (χ1n) is 10.1. The molecule has 7 nitrogen and oxygen atoms in total. The van der Waals surface area contributed by atoms with Crippen LogP contribution in [0.15, 0.2) is 59.6 Å². The highest BCUT2D eigenvalue weighted by molar-refractivity contribution is 6.08. The second kappa shape index (κ2) is 8.69. The first-order valence-corrected chi connectivity index (χ1v) is 10.1. The van der Waals surface area contributed by atoms with Gasteiger partial charge >= 0.3 is 12.4 Å². The van der Waals surface area contributed by atoms with Crippen molar-refractivity contribution in [2.75, 3.05) is 10.6 Å². The normalized spacial score (nSPS) is 17.5. The van der Waals surface area contributed by atoms with Crippen molar-refractivity contribution in [1.82, 2.24) is 0 Å². The van der Waals surface area contributed by atoms with Gasteiger partial charge in [-0.2, -0.15) is 26.3 Å². The zero-order valence-electron chi connectivity index (χ0n) is 18.0. The van der Waals surface area contributed by atoms with E-state index in [0.717, 1.165) is 24.3 Å². The Morgan fingerprint density at radius 2 is 1.49 bits per heavy atom. The standard InChI is InChI=1S/C22H13F8N5O2/c23-15-4-1-10(7-13(15)21(25,26)27)20(31)19(32-11-2-5-16(24)14(8-11)22(28,29)30)33-18-9-12(35(36)37)3-6-17(18)34-20/h1-9,34H,31H2,(H,32,33). The zero-order valence-corrected chi connectivity index (χ0v) is 18.0. The molecule has 1 aliphatic heterocycles. The Balaban J connectivity index is 1.89. The highest BCUT2D eigenvalue weighted by Gasteiger charge is 2.42. The van der Waals surface area contributed by atoms with Crippen LogP contribution in [0.3, 0.4) is 0 Å². The van der Waals surface area contributed by atoms with Crippen LogP contribution in [-0.4, -0.2) is 10.8 Å². The van der Waals surface area contributed by atoms with E-state index in [-0.39, 0.29) is 11.4 Å². The van der Waals surface area contributed by atoms with E-state index in [0.29, 0.717) is 24.3 Å². The number of non-ortho nitro benzene ring substituents is 1. The lowest BCUT2D eigenvalue weighted by Crippen LogP contribution is -2.55. The molecule has 0 amide bonds. The average molecular weight is 531 g/mol. The second-order valence-electron chi connectivity index (χ2n) is 7.86. The van der Waals surface area contributed by atoms with E-state index in [1.54, 1.807) is 0 Å². The number of nitro groups is 1. The van der Waals surface area contributed by atoms with Gasteiger partial charge in [-0.15, -0.1) is 0 Å². The molecule has 0 saturated heterocycles. The van der Waals surface area contributed by atoms with Gasteiger partial charge in [0.05, 0.1) is 27.4 Å². The van der Waals surface area contributed by atoms with Crippen molar-refractivity contribution in [3.8, 4) is 0 Å². The van der Waals surface area contributed by atoms with Gasteiger partial charge in [-0.25, -0.2) is 13.8 Å². The first-order chi connectivity index (χ1) is 17.1. The lowest BCUT2D eigenvalue weighted by molar-refractivity contribution is -0.384. The maximum absolute atomic E-state index is 13.9. The fraction of sp³-hybridized carbons (Fsp3) is 0.136. The van der Waals surface area contributed by atoms with Crippen LogP contribution in [0.25, 0.3) is 0 Å². The Labute approximate surface area is 201 Å². The number of benzene rings is 3. The van der Waals surface area contributed by atoms with Gasteiger partial charge in [0.1, 0.15) is 11.6 Å². The van der Waals surface area contributed by atoms with Crippen LogP contribution in [0.5, 0.6) is 0 Å². The summed E-state index contributed by atoms with van der Waals surface area (Å²) in [6.45, 7) is 0. The maximum atomic E-state index is 13.9. The van der Waals surface area contributed by atoms with Crippen molar-refractivity contribution in [2.45, 2.75) is 18.0 Å². The van der Waals surface area contributed by atoms with Crippen LogP contribution < -0.4 is 16.4 Å².